The molecule has 0 aliphatic rings. The molecule has 0 atom stereocenters. The van der Waals surface area contributed by atoms with E-state index >= 15 is 0 Å². The normalized spacial score (nSPS) is 11.0. The van der Waals surface area contributed by atoms with Crippen LogP contribution >= 0.6 is 15.9 Å². The van der Waals surface area contributed by atoms with Gasteiger partial charge in [-0.2, -0.15) is 5.26 Å². The van der Waals surface area contributed by atoms with Crippen LogP contribution in [0.3, 0.4) is 0 Å². The Morgan fingerprint density at radius 2 is 2.04 bits per heavy atom. The number of rotatable bonds is 9. The molecular weight excluding hydrogens is 416 g/mol. The van der Waals surface area contributed by atoms with E-state index in [1.807, 2.05) is 49.4 Å². The quantitative estimate of drug-likeness (QED) is 0.284. The van der Waals surface area contributed by atoms with Crippen LogP contribution in [0.2, 0.25) is 0 Å². The van der Waals surface area contributed by atoms with E-state index in [0.29, 0.717) is 23.6 Å². The first kappa shape index (κ1) is 21.7. The summed E-state index contributed by atoms with van der Waals surface area (Å²) < 4.78 is 6.75. The number of amides is 1. The van der Waals surface area contributed by atoms with Crippen molar-refractivity contribution in [3.05, 3.63) is 63.6 Å². The maximum atomic E-state index is 12.5. The van der Waals surface area contributed by atoms with Crippen molar-refractivity contribution in [2.75, 3.05) is 11.9 Å². The third-order valence-corrected chi connectivity index (χ3v) is 4.66. The van der Waals surface area contributed by atoms with E-state index in [9.17, 15) is 10.1 Å². The summed E-state index contributed by atoms with van der Waals surface area (Å²) in [6.07, 6.45) is 6.03. The van der Waals surface area contributed by atoms with Crippen molar-refractivity contribution in [1.29, 1.82) is 5.26 Å². The van der Waals surface area contributed by atoms with Gasteiger partial charge in [0.05, 0.1) is 6.61 Å². The lowest BCUT2D eigenvalue weighted by atomic mass is 10.1. The van der Waals surface area contributed by atoms with Crippen LogP contribution in [0.1, 0.15) is 43.7 Å². The van der Waals surface area contributed by atoms with Crippen molar-refractivity contribution in [3.63, 3.8) is 0 Å². The second-order valence-corrected chi connectivity index (χ2v) is 7.50. The van der Waals surface area contributed by atoms with Gasteiger partial charge in [-0.1, -0.05) is 54.2 Å². The molecule has 0 unspecified atom stereocenters. The van der Waals surface area contributed by atoms with Crippen molar-refractivity contribution in [1.82, 2.24) is 0 Å². The molecule has 146 valence electrons. The van der Waals surface area contributed by atoms with Crippen molar-refractivity contribution in [3.8, 4) is 11.8 Å². The number of hydrogen-bond acceptors (Lipinski definition) is 3. The number of nitrogens with one attached hydrogen (secondary N) is 1. The maximum Gasteiger partial charge on any atom is 0.266 e. The maximum absolute atomic E-state index is 12.5. The zero-order valence-corrected chi connectivity index (χ0v) is 17.9. The number of hydrogen-bond donors (Lipinski definition) is 1. The molecule has 0 saturated carbocycles. The highest BCUT2D eigenvalue weighted by atomic mass is 79.9. The number of nitriles is 1. The third kappa shape index (κ3) is 6.86. The Hall–Kier alpha value is -2.58. The summed E-state index contributed by atoms with van der Waals surface area (Å²) in [4.78, 5) is 12.5. The number of aryl methyl sites for hydroxylation is 1. The van der Waals surface area contributed by atoms with E-state index in [1.165, 1.54) is 12.8 Å². The average molecular weight is 441 g/mol. The van der Waals surface area contributed by atoms with Crippen LogP contribution in [-0.4, -0.2) is 12.5 Å². The molecule has 2 aromatic rings. The molecule has 1 N–H and O–H groups in total. The summed E-state index contributed by atoms with van der Waals surface area (Å²) in [6, 6.07) is 15.0. The Kier molecular flexibility index (Phi) is 8.77. The monoisotopic (exact) mass is 440 g/mol. The molecule has 0 saturated heterocycles. The summed E-state index contributed by atoms with van der Waals surface area (Å²) in [5, 5.41) is 12.3. The number of benzene rings is 2. The molecule has 1 amide bonds. The highest BCUT2D eigenvalue weighted by Crippen LogP contribution is 2.26. The lowest BCUT2D eigenvalue weighted by molar-refractivity contribution is -0.112. The molecule has 2 aromatic carbocycles. The second kappa shape index (κ2) is 11.3. The Bertz CT molecular complexity index is 884. The summed E-state index contributed by atoms with van der Waals surface area (Å²) in [5.74, 6) is 0.220. The highest BCUT2D eigenvalue weighted by molar-refractivity contribution is 9.10. The van der Waals surface area contributed by atoms with E-state index in [0.717, 1.165) is 22.9 Å². The van der Waals surface area contributed by atoms with Gasteiger partial charge in [-0.25, -0.2) is 0 Å². The average Bonchev–Trinajstić information content (AvgIpc) is 2.67. The van der Waals surface area contributed by atoms with Crippen LogP contribution in [-0.2, 0) is 4.79 Å². The molecule has 0 spiro atoms. The van der Waals surface area contributed by atoms with E-state index in [-0.39, 0.29) is 5.57 Å². The van der Waals surface area contributed by atoms with Gasteiger partial charge in [-0.3, -0.25) is 4.79 Å². The number of ether oxygens (including phenoxy) is 1. The molecule has 0 bridgehead atoms. The minimum absolute atomic E-state index is 0.0236. The number of nitrogens with zero attached hydrogens (tertiary/aromatic N) is 1. The molecule has 0 aromatic heterocycles. The molecule has 0 aliphatic heterocycles. The van der Waals surface area contributed by atoms with Crippen LogP contribution in [0.25, 0.3) is 6.08 Å². The zero-order chi connectivity index (χ0) is 20.4. The Morgan fingerprint density at radius 3 is 2.75 bits per heavy atom. The van der Waals surface area contributed by atoms with Gasteiger partial charge in [0.15, 0.2) is 0 Å². The van der Waals surface area contributed by atoms with Crippen LogP contribution in [0.4, 0.5) is 5.69 Å². The first-order chi connectivity index (χ1) is 13.5. The molecule has 4 nitrogen and oxygen atoms in total. The van der Waals surface area contributed by atoms with Gasteiger partial charge in [0.2, 0.25) is 0 Å². The predicted molar refractivity (Wildman–Crippen MR) is 117 cm³/mol. The molecule has 28 heavy (non-hydrogen) atoms. The lowest BCUT2D eigenvalue weighted by Crippen LogP contribution is -2.13. The Labute approximate surface area is 175 Å². The fourth-order valence-electron chi connectivity index (χ4n) is 2.70. The van der Waals surface area contributed by atoms with Gasteiger partial charge in [-0.15, -0.1) is 0 Å². The standard InChI is InChI=1S/C23H25BrN2O2/c1-3-4-5-6-12-28-22-11-10-20(24)15-18(22)14-19(16-25)23(27)26-21-9-7-8-17(2)13-21/h7-11,13-15H,3-6,12H2,1-2H3,(H,26,27). The van der Waals surface area contributed by atoms with Gasteiger partial charge < -0.3 is 10.1 Å². The number of carbonyl (C=O) groups is 1. The fraction of sp³-hybridized carbons (Fsp3) is 0.304. The molecule has 0 heterocycles. The van der Waals surface area contributed by atoms with Crippen LogP contribution in [0.5, 0.6) is 5.75 Å². The van der Waals surface area contributed by atoms with Gasteiger partial charge in [0.1, 0.15) is 17.4 Å². The van der Waals surface area contributed by atoms with Crippen LogP contribution < -0.4 is 10.1 Å². The van der Waals surface area contributed by atoms with E-state index < -0.39 is 5.91 Å². The summed E-state index contributed by atoms with van der Waals surface area (Å²) in [7, 11) is 0. The molecule has 2 rings (SSSR count). The third-order valence-electron chi connectivity index (χ3n) is 4.17. The summed E-state index contributed by atoms with van der Waals surface area (Å²) in [5.41, 5.74) is 2.41. The van der Waals surface area contributed by atoms with Crippen molar-refractivity contribution in [2.24, 2.45) is 0 Å². The number of anilines is 1. The molecule has 0 radical (unpaired) electrons. The first-order valence-corrected chi connectivity index (χ1v) is 10.2. The number of unbranched alkanes of at least 4 members (excludes halogenated alkanes) is 3. The topological polar surface area (TPSA) is 62.1 Å². The smallest absolute Gasteiger partial charge is 0.266 e. The van der Waals surface area contributed by atoms with Crippen molar-refractivity contribution in [2.45, 2.75) is 39.5 Å². The van der Waals surface area contributed by atoms with Gasteiger partial charge in [0, 0.05) is 15.7 Å². The van der Waals surface area contributed by atoms with Crippen LogP contribution in [0, 0.1) is 18.3 Å². The van der Waals surface area contributed by atoms with E-state index in [2.05, 4.69) is 28.2 Å². The summed E-state index contributed by atoms with van der Waals surface area (Å²) >= 11 is 3.44. The van der Waals surface area contributed by atoms with Crippen LogP contribution in [0.15, 0.2) is 52.5 Å². The van der Waals surface area contributed by atoms with Gasteiger partial charge in [0.25, 0.3) is 5.91 Å². The number of carbonyl (C=O) groups excluding carboxylic acids is 1. The molecule has 0 fully saturated rings. The minimum Gasteiger partial charge on any atom is -0.493 e. The number of halogens is 1. The largest absolute Gasteiger partial charge is 0.493 e. The van der Waals surface area contributed by atoms with Crippen molar-refractivity contribution >= 4 is 33.6 Å². The zero-order valence-electron chi connectivity index (χ0n) is 16.3. The molecule has 5 heteroatoms. The van der Waals surface area contributed by atoms with Crippen molar-refractivity contribution < 1.29 is 9.53 Å². The molecule has 0 aliphatic carbocycles. The fourth-order valence-corrected chi connectivity index (χ4v) is 3.08. The first-order valence-electron chi connectivity index (χ1n) is 9.45. The SMILES string of the molecule is CCCCCCOc1ccc(Br)cc1C=C(C#N)C(=O)Nc1cccc(C)c1. The minimum atomic E-state index is -0.443. The van der Waals surface area contributed by atoms with Gasteiger partial charge >= 0.3 is 0 Å². The Balaban J connectivity index is 2.16. The Morgan fingerprint density at radius 1 is 1.21 bits per heavy atom. The van der Waals surface area contributed by atoms with E-state index in [1.54, 1.807) is 12.1 Å². The predicted octanol–water partition coefficient (Wildman–Crippen LogP) is 6.26. The lowest BCUT2D eigenvalue weighted by Gasteiger charge is -2.10. The highest BCUT2D eigenvalue weighted by Gasteiger charge is 2.12. The van der Waals surface area contributed by atoms with E-state index in [4.69, 9.17) is 4.74 Å². The summed E-state index contributed by atoms with van der Waals surface area (Å²) in [6.45, 7) is 4.73. The molecular formula is C23H25BrN2O2. The van der Waals surface area contributed by atoms with Gasteiger partial charge in [-0.05, 0) is 55.3 Å². The second-order valence-electron chi connectivity index (χ2n) is 6.58.